The second kappa shape index (κ2) is 5.84. The Hall–Kier alpha value is -1.59. The third kappa shape index (κ3) is 2.80. The average molecular weight is 263 g/mol. The Bertz CT molecular complexity index is 495. The van der Waals surface area contributed by atoms with Crippen molar-refractivity contribution in [1.82, 2.24) is 10.3 Å². The molecule has 18 heavy (non-hydrogen) atoms. The first-order valence-electron chi connectivity index (χ1n) is 5.71. The molecular formula is C13H17N3OS. The summed E-state index contributed by atoms with van der Waals surface area (Å²) in [6.45, 7) is 0.855. The molecule has 0 aliphatic heterocycles. The molecule has 0 atom stereocenters. The van der Waals surface area contributed by atoms with Gasteiger partial charge in [0.15, 0.2) is 5.13 Å². The summed E-state index contributed by atoms with van der Waals surface area (Å²) in [6.07, 6.45) is 1.91. The highest BCUT2D eigenvalue weighted by Gasteiger charge is 2.08. The van der Waals surface area contributed by atoms with E-state index in [1.165, 1.54) is 4.88 Å². The smallest absolute Gasteiger partial charge is 0.189 e. The molecule has 96 valence electrons. The second-order valence-corrected chi connectivity index (χ2v) is 4.99. The molecule has 1 aromatic carbocycles. The number of nitrogens with zero attached hydrogens (tertiary/aromatic N) is 2. The third-order valence-corrected chi connectivity index (χ3v) is 3.71. The van der Waals surface area contributed by atoms with Crippen molar-refractivity contribution in [3.8, 4) is 5.75 Å². The largest absolute Gasteiger partial charge is 0.497 e. The van der Waals surface area contributed by atoms with Gasteiger partial charge in [-0.2, -0.15) is 0 Å². The topological polar surface area (TPSA) is 37.4 Å². The van der Waals surface area contributed by atoms with Crippen LogP contribution in [0, 0.1) is 0 Å². The lowest BCUT2D eigenvalue weighted by Crippen LogP contribution is -2.08. The van der Waals surface area contributed by atoms with Crippen molar-refractivity contribution in [2.75, 3.05) is 26.1 Å². The van der Waals surface area contributed by atoms with Gasteiger partial charge in [0.1, 0.15) is 5.75 Å². The molecule has 0 saturated heterocycles. The first-order valence-corrected chi connectivity index (χ1v) is 6.53. The van der Waals surface area contributed by atoms with Crippen LogP contribution in [0.4, 0.5) is 10.8 Å². The van der Waals surface area contributed by atoms with Crippen molar-refractivity contribution in [3.05, 3.63) is 35.3 Å². The molecule has 1 heterocycles. The van der Waals surface area contributed by atoms with Gasteiger partial charge in [-0.15, -0.1) is 11.3 Å². The van der Waals surface area contributed by atoms with E-state index < -0.39 is 0 Å². The standard InChI is InChI=1S/C13H17N3OS/c1-14-8-12-9-15-13(18-12)16(2)10-4-6-11(17-3)7-5-10/h4-7,9,14H,8H2,1-3H3. The summed E-state index contributed by atoms with van der Waals surface area (Å²) in [4.78, 5) is 7.73. The van der Waals surface area contributed by atoms with Crippen LogP contribution in [-0.2, 0) is 6.54 Å². The summed E-state index contributed by atoms with van der Waals surface area (Å²) in [6, 6.07) is 7.96. The molecular weight excluding hydrogens is 246 g/mol. The molecule has 4 nitrogen and oxygen atoms in total. The molecule has 0 bridgehead atoms. The maximum atomic E-state index is 5.15. The number of benzene rings is 1. The van der Waals surface area contributed by atoms with Gasteiger partial charge >= 0.3 is 0 Å². The molecule has 2 aromatic rings. The van der Waals surface area contributed by atoms with Crippen molar-refractivity contribution < 1.29 is 4.74 Å². The molecule has 0 fully saturated rings. The molecule has 0 spiro atoms. The quantitative estimate of drug-likeness (QED) is 0.900. The number of anilines is 2. The lowest BCUT2D eigenvalue weighted by molar-refractivity contribution is 0.415. The van der Waals surface area contributed by atoms with Crippen LogP contribution in [0.2, 0.25) is 0 Å². The molecule has 0 aliphatic rings. The highest BCUT2D eigenvalue weighted by atomic mass is 32.1. The summed E-state index contributed by atoms with van der Waals surface area (Å²) in [5.74, 6) is 0.863. The molecule has 0 radical (unpaired) electrons. The van der Waals surface area contributed by atoms with Gasteiger partial charge < -0.3 is 15.0 Å². The van der Waals surface area contributed by atoms with Crippen molar-refractivity contribution in [3.63, 3.8) is 0 Å². The number of hydrogen-bond donors (Lipinski definition) is 1. The molecule has 0 amide bonds. The fourth-order valence-electron chi connectivity index (χ4n) is 1.62. The molecule has 1 aromatic heterocycles. The van der Waals surface area contributed by atoms with E-state index in [4.69, 9.17) is 4.74 Å². The van der Waals surface area contributed by atoms with E-state index >= 15 is 0 Å². The maximum Gasteiger partial charge on any atom is 0.189 e. The van der Waals surface area contributed by atoms with E-state index in [9.17, 15) is 0 Å². The zero-order valence-electron chi connectivity index (χ0n) is 10.8. The monoisotopic (exact) mass is 263 g/mol. The number of rotatable bonds is 5. The van der Waals surface area contributed by atoms with Crippen LogP contribution < -0.4 is 15.0 Å². The molecule has 1 N–H and O–H groups in total. The van der Waals surface area contributed by atoms with Crippen molar-refractivity contribution >= 4 is 22.2 Å². The molecule has 0 aliphatic carbocycles. The summed E-state index contributed by atoms with van der Waals surface area (Å²) >= 11 is 1.69. The van der Waals surface area contributed by atoms with Gasteiger partial charge in [0, 0.05) is 30.4 Å². The lowest BCUT2D eigenvalue weighted by Gasteiger charge is -2.15. The van der Waals surface area contributed by atoms with Crippen LogP contribution in [0.3, 0.4) is 0 Å². The average Bonchev–Trinajstić information content (AvgIpc) is 2.87. The van der Waals surface area contributed by atoms with Crippen LogP contribution in [-0.4, -0.2) is 26.2 Å². The van der Waals surface area contributed by atoms with Crippen LogP contribution in [0.15, 0.2) is 30.5 Å². The van der Waals surface area contributed by atoms with E-state index in [-0.39, 0.29) is 0 Å². The van der Waals surface area contributed by atoms with Crippen molar-refractivity contribution in [2.24, 2.45) is 0 Å². The van der Waals surface area contributed by atoms with Gasteiger partial charge in [-0.1, -0.05) is 0 Å². The minimum absolute atomic E-state index is 0.855. The fourth-order valence-corrected chi connectivity index (χ4v) is 2.53. The van der Waals surface area contributed by atoms with Crippen LogP contribution in [0.5, 0.6) is 5.75 Å². The molecule has 0 unspecified atom stereocenters. The minimum atomic E-state index is 0.855. The first kappa shape index (κ1) is 12.9. The van der Waals surface area contributed by atoms with Crippen LogP contribution >= 0.6 is 11.3 Å². The number of thiazole rings is 1. The molecule has 2 rings (SSSR count). The SMILES string of the molecule is CNCc1cnc(N(C)c2ccc(OC)cc2)s1. The van der Waals surface area contributed by atoms with Crippen LogP contribution in [0.1, 0.15) is 4.88 Å². The van der Waals surface area contributed by atoms with Gasteiger partial charge in [-0.05, 0) is 31.3 Å². The number of ether oxygens (including phenoxy) is 1. The maximum absolute atomic E-state index is 5.15. The highest BCUT2D eigenvalue weighted by molar-refractivity contribution is 7.15. The summed E-state index contributed by atoms with van der Waals surface area (Å²) in [5, 5.41) is 4.12. The van der Waals surface area contributed by atoms with E-state index in [0.717, 1.165) is 23.1 Å². The molecule has 5 heteroatoms. The fraction of sp³-hybridized carbons (Fsp3) is 0.308. The first-order chi connectivity index (χ1) is 8.74. The lowest BCUT2D eigenvalue weighted by atomic mass is 10.3. The van der Waals surface area contributed by atoms with E-state index in [1.807, 2.05) is 44.6 Å². The Morgan fingerprint density at radius 2 is 2.06 bits per heavy atom. The van der Waals surface area contributed by atoms with E-state index in [0.29, 0.717) is 0 Å². The Morgan fingerprint density at radius 3 is 2.67 bits per heavy atom. The summed E-state index contributed by atoms with van der Waals surface area (Å²) in [7, 11) is 5.62. The van der Waals surface area contributed by atoms with Crippen molar-refractivity contribution in [2.45, 2.75) is 6.54 Å². The molecule has 0 saturated carbocycles. The Morgan fingerprint density at radius 1 is 1.33 bits per heavy atom. The summed E-state index contributed by atoms with van der Waals surface area (Å²) in [5.41, 5.74) is 1.10. The van der Waals surface area contributed by atoms with E-state index in [1.54, 1.807) is 18.4 Å². The van der Waals surface area contributed by atoms with E-state index in [2.05, 4.69) is 15.2 Å². The summed E-state index contributed by atoms with van der Waals surface area (Å²) < 4.78 is 5.15. The van der Waals surface area contributed by atoms with Gasteiger partial charge in [0.2, 0.25) is 0 Å². The number of nitrogens with one attached hydrogen (secondary N) is 1. The Kier molecular flexibility index (Phi) is 4.17. The zero-order chi connectivity index (χ0) is 13.0. The minimum Gasteiger partial charge on any atom is -0.497 e. The van der Waals surface area contributed by atoms with Gasteiger partial charge in [0.25, 0.3) is 0 Å². The Balaban J connectivity index is 2.15. The number of hydrogen-bond acceptors (Lipinski definition) is 5. The third-order valence-electron chi connectivity index (χ3n) is 2.64. The second-order valence-electron chi connectivity index (χ2n) is 3.90. The Labute approximate surface area is 111 Å². The van der Waals surface area contributed by atoms with Crippen molar-refractivity contribution in [1.29, 1.82) is 0 Å². The number of methoxy groups -OCH3 is 1. The zero-order valence-corrected chi connectivity index (χ0v) is 11.6. The predicted octanol–water partition coefficient (Wildman–Crippen LogP) is 2.64. The van der Waals surface area contributed by atoms with Crippen LogP contribution in [0.25, 0.3) is 0 Å². The van der Waals surface area contributed by atoms with Gasteiger partial charge in [-0.3, -0.25) is 0 Å². The van der Waals surface area contributed by atoms with Gasteiger partial charge in [0.05, 0.1) is 7.11 Å². The number of aromatic nitrogens is 1. The predicted molar refractivity (Wildman–Crippen MR) is 75.9 cm³/mol. The normalized spacial score (nSPS) is 10.4. The van der Waals surface area contributed by atoms with Gasteiger partial charge in [-0.25, -0.2) is 4.98 Å². The highest BCUT2D eigenvalue weighted by Crippen LogP contribution is 2.29.